The van der Waals surface area contributed by atoms with Crippen LogP contribution in [0.25, 0.3) is 22.2 Å². The summed E-state index contributed by atoms with van der Waals surface area (Å²) in [5.74, 6) is 0.870. The molecular formula is C27H33N3O3S. The van der Waals surface area contributed by atoms with E-state index in [-0.39, 0.29) is 12.0 Å². The Morgan fingerprint density at radius 1 is 1.15 bits per heavy atom. The van der Waals surface area contributed by atoms with Crippen LogP contribution in [-0.2, 0) is 16.1 Å². The Bertz CT molecular complexity index is 1130. The second-order valence-corrected chi connectivity index (χ2v) is 9.73. The number of carbonyl (C=O) groups is 1. The Kier molecular flexibility index (Phi) is 8.08. The van der Waals surface area contributed by atoms with Crippen LogP contribution in [0.1, 0.15) is 18.4 Å². The van der Waals surface area contributed by atoms with E-state index < -0.39 is 0 Å². The molecule has 1 fully saturated rings. The lowest BCUT2D eigenvalue weighted by molar-refractivity contribution is -0.141. The van der Waals surface area contributed by atoms with Crippen LogP contribution >= 0.6 is 11.8 Å². The van der Waals surface area contributed by atoms with Gasteiger partial charge in [-0.15, -0.1) is 11.8 Å². The van der Waals surface area contributed by atoms with E-state index in [0.717, 1.165) is 52.9 Å². The first-order valence-electron chi connectivity index (χ1n) is 11.7. The maximum atomic E-state index is 13.4. The molecule has 4 rings (SSSR count). The van der Waals surface area contributed by atoms with Crippen molar-refractivity contribution in [3.8, 4) is 17.0 Å². The van der Waals surface area contributed by atoms with Gasteiger partial charge in [0.25, 0.3) is 5.91 Å². The van der Waals surface area contributed by atoms with Gasteiger partial charge in [0.05, 0.1) is 18.3 Å². The monoisotopic (exact) mass is 479 g/mol. The van der Waals surface area contributed by atoms with Crippen molar-refractivity contribution >= 4 is 28.6 Å². The minimum Gasteiger partial charge on any atom is -0.497 e. The highest BCUT2D eigenvalue weighted by atomic mass is 32.2. The number of ether oxygens (including phenoxy) is 2. The standard InChI is InChI=1S/C27H33N3O3S/c1-29(2)13-14-30(27(31)25-6-5-15-33-25)18-21-16-20-9-12-23(34-4)17-24(20)28-26(21)19-7-10-22(32-3)11-8-19/h7-12,16-17,25H,5-6,13-15,18H2,1-4H3. The first-order valence-corrected chi connectivity index (χ1v) is 12.9. The van der Waals surface area contributed by atoms with Crippen LogP contribution < -0.4 is 4.74 Å². The molecule has 7 heteroatoms. The summed E-state index contributed by atoms with van der Waals surface area (Å²) in [6, 6.07) is 16.5. The number of likely N-dealkylation sites (N-methyl/N-ethyl adjacent to an activating group) is 1. The fraction of sp³-hybridized carbons (Fsp3) is 0.407. The minimum atomic E-state index is -0.343. The van der Waals surface area contributed by atoms with Gasteiger partial charge in [-0.2, -0.15) is 0 Å². The Labute approximate surface area is 206 Å². The van der Waals surface area contributed by atoms with Crippen molar-refractivity contribution in [2.45, 2.75) is 30.4 Å². The molecule has 0 aliphatic carbocycles. The second kappa shape index (κ2) is 11.2. The van der Waals surface area contributed by atoms with Crippen molar-refractivity contribution in [2.24, 2.45) is 0 Å². The lowest BCUT2D eigenvalue weighted by atomic mass is 10.0. The quantitative estimate of drug-likeness (QED) is 0.415. The van der Waals surface area contributed by atoms with E-state index >= 15 is 0 Å². The summed E-state index contributed by atoms with van der Waals surface area (Å²) in [6.45, 7) is 2.57. The number of amides is 1. The number of hydrogen-bond donors (Lipinski definition) is 0. The number of thioether (sulfide) groups is 1. The summed E-state index contributed by atoms with van der Waals surface area (Å²) < 4.78 is 11.1. The van der Waals surface area contributed by atoms with E-state index in [1.165, 1.54) is 4.90 Å². The van der Waals surface area contributed by atoms with Gasteiger partial charge in [-0.1, -0.05) is 6.07 Å². The highest BCUT2D eigenvalue weighted by Crippen LogP contribution is 2.30. The summed E-state index contributed by atoms with van der Waals surface area (Å²) in [6.07, 6.45) is 3.45. The van der Waals surface area contributed by atoms with Crippen molar-refractivity contribution in [1.82, 2.24) is 14.8 Å². The summed E-state index contributed by atoms with van der Waals surface area (Å²) >= 11 is 1.70. The Morgan fingerprint density at radius 2 is 1.94 bits per heavy atom. The van der Waals surface area contributed by atoms with E-state index in [9.17, 15) is 4.79 Å². The highest BCUT2D eigenvalue weighted by molar-refractivity contribution is 7.98. The number of nitrogens with zero attached hydrogens (tertiary/aromatic N) is 3. The Hall–Kier alpha value is -2.61. The molecule has 1 saturated heterocycles. The molecule has 34 heavy (non-hydrogen) atoms. The van der Waals surface area contributed by atoms with Crippen LogP contribution in [0.2, 0.25) is 0 Å². The predicted octanol–water partition coefficient (Wildman–Crippen LogP) is 4.70. The predicted molar refractivity (Wildman–Crippen MR) is 138 cm³/mol. The molecule has 6 nitrogen and oxygen atoms in total. The molecule has 1 unspecified atom stereocenters. The molecule has 0 N–H and O–H groups in total. The number of rotatable bonds is 9. The number of pyridine rings is 1. The molecule has 1 amide bonds. The zero-order valence-corrected chi connectivity index (χ0v) is 21.2. The van der Waals surface area contributed by atoms with Crippen LogP contribution in [0, 0.1) is 0 Å². The summed E-state index contributed by atoms with van der Waals surface area (Å²) in [5.41, 5.74) is 3.87. The van der Waals surface area contributed by atoms with Gasteiger partial charge < -0.3 is 19.3 Å². The Morgan fingerprint density at radius 3 is 2.59 bits per heavy atom. The average molecular weight is 480 g/mol. The molecule has 1 atom stereocenters. The topological polar surface area (TPSA) is 54.9 Å². The van der Waals surface area contributed by atoms with Gasteiger partial charge in [-0.25, -0.2) is 4.98 Å². The van der Waals surface area contributed by atoms with Crippen molar-refractivity contribution in [3.63, 3.8) is 0 Å². The van der Waals surface area contributed by atoms with Crippen LogP contribution in [-0.4, -0.2) is 74.0 Å². The number of aromatic nitrogens is 1. The third kappa shape index (κ3) is 5.71. The number of hydrogen-bond acceptors (Lipinski definition) is 6. The van der Waals surface area contributed by atoms with Crippen LogP contribution in [0.5, 0.6) is 5.75 Å². The van der Waals surface area contributed by atoms with E-state index in [1.807, 2.05) is 43.3 Å². The first-order chi connectivity index (χ1) is 16.5. The number of fused-ring (bicyclic) bond motifs is 1. The van der Waals surface area contributed by atoms with Gasteiger partial charge in [0.2, 0.25) is 0 Å². The fourth-order valence-electron chi connectivity index (χ4n) is 4.21. The van der Waals surface area contributed by atoms with Crippen LogP contribution in [0.3, 0.4) is 0 Å². The van der Waals surface area contributed by atoms with Crippen molar-refractivity contribution in [3.05, 3.63) is 54.1 Å². The molecule has 0 spiro atoms. The summed E-state index contributed by atoms with van der Waals surface area (Å²) in [4.78, 5) is 23.7. The molecule has 2 aromatic carbocycles. The third-order valence-electron chi connectivity index (χ3n) is 6.16. The Balaban J connectivity index is 1.75. The van der Waals surface area contributed by atoms with E-state index in [2.05, 4.69) is 35.4 Å². The molecule has 180 valence electrons. The molecule has 1 aliphatic heterocycles. The molecule has 0 bridgehead atoms. The van der Waals surface area contributed by atoms with E-state index in [1.54, 1.807) is 18.9 Å². The molecule has 2 heterocycles. The third-order valence-corrected chi connectivity index (χ3v) is 6.89. The number of benzene rings is 2. The van der Waals surface area contributed by atoms with Gasteiger partial charge in [-0.05, 0) is 81.2 Å². The molecular weight excluding hydrogens is 446 g/mol. The summed E-state index contributed by atoms with van der Waals surface area (Å²) in [7, 11) is 5.72. The lowest BCUT2D eigenvalue weighted by Gasteiger charge is -2.27. The second-order valence-electron chi connectivity index (χ2n) is 8.85. The van der Waals surface area contributed by atoms with Crippen molar-refractivity contribution in [2.75, 3.05) is 47.2 Å². The van der Waals surface area contributed by atoms with Gasteiger partial charge in [0.15, 0.2) is 0 Å². The number of methoxy groups -OCH3 is 1. The lowest BCUT2D eigenvalue weighted by Crippen LogP contribution is -2.42. The SMILES string of the molecule is COc1ccc(-c2nc3cc(SC)ccc3cc2CN(CCN(C)C)C(=O)C2CCCO2)cc1. The maximum absolute atomic E-state index is 13.4. The average Bonchev–Trinajstić information content (AvgIpc) is 3.40. The fourth-order valence-corrected chi connectivity index (χ4v) is 4.64. The van der Waals surface area contributed by atoms with Gasteiger partial charge in [0, 0.05) is 42.1 Å². The normalized spacial score (nSPS) is 15.7. The first kappa shape index (κ1) is 24.5. The van der Waals surface area contributed by atoms with E-state index in [0.29, 0.717) is 19.7 Å². The van der Waals surface area contributed by atoms with Crippen molar-refractivity contribution < 1.29 is 14.3 Å². The summed E-state index contributed by atoms with van der Waals surface area (Å²) in [5, 5.41) is 1.07. The van der Waals surface area contributed by atoms with Gasteiger partial charge in [-0.3, -0.25) is 4.79 Å². The van der Waals surface area contributed by atoms with Crippen LogP contribution in [0.4, 0.5) is 0 Å². The molecule has 3 aromatic rings. The largest absolute Gasteiger partial charge is 0.497 e. The van der Waals surface area contributed by atoms with E-state index in [4.69, 9.17) is 14.5 Å². The smallest absolute Gasteiger partial charge is 0.252 e. The van der Waals surface area contributed by atoms with Gasteiger partial charge >= 0.3 is 0 Å². The number of carbonyl (C=O) groups excluding carboxylic acids is 1. The highest BCUT2D eigenvalue weighted by Gasteiger charge is 2.29. The zero-order chi connectivity index (χ0) is 24.1. The molecule has 1 aromatic heterocycles. The molecule has 0 radical (unpaired) electrons. The van der Waals surface area contributed by atoms with Crippen molar-refractivity contribution in [1.29, 1.82) is 0 Å². The van der Waals surface area contributed by atoms with Crippen LogP contribution in [0.15, 0.2) is 53.4 Å². The van der Waals surface area contributed by atoms with Gasteiger partial charge in [0.1, 0.15) is 11.9 Å². The maximum Gasteiger partial charge on any atom is 0.252 e. The molecule has 0 saturated carbocycles. The zero-order valence-electron chi connectivity index (χ0n) is 20.4. The molecule has 1 aliphatic rings. The minimum absolute atomic E-state index is 0.0675.